The van der Waals surface area contributed by atoms with E-state index in [2.05, 4.69) is 16.5 Å². The van der Waals surface area contributed by atoms with E-state index < -0.39 is 0 Å². The maximum Gasteiger partial charge on any atom is 0.167 e. The van der Waals surface area contributed by atoms with E-state index in [0.29, 0.717) is 6.04 Å². The molecule has 3 nitrogen and oxygen atoms in total. The van der Waals surface area contributed by atoms with Crippen molar-refractivity contribution in [1.29, 1.82) is 0 Å². The highest BCUT2D eigenvalue weighted by atomic mass is 16.5. The van der Waals surface area contributed by atoms with E-state index >= 15 is 0 Å². The maximum absolute atomic E-state index is 5.31. The number of piperidine rings is 1. The van der Waals surface area contributed by atoms with Crippen LogP contribution in [0.15, 0.2) is 28.8 Å². The molecule has 0 amide bonds. The molecule has 0 bridgehead atoms. The largest absolute Gasteiger partial charge is 0.356 e. The normalized spacial score (nSPS) is 21.4. The quantitative estimate of drug-likeness (QED) is 0.838. The Kier molecular flexibility index (Phi) is 2.62. The van der Waals surface area contributed by atoms with Gasteiger partial charge in [0.25, 0.3) is 0 Å². The lowest BCUT2D eigenvalue weighted by Crippen LogP contribution is -2.35. The molecule has 0 saturated carbocycles. The van der Waals surface area contributed by atoms with Crippen LogP contribution in [0.25, 0.3) is 11.0 Å². The van der Waals surface area contributed by atoms with Gasteiger partial charge in [0.2, 0.25) is 0 Å². The van der Waals surface area contributed by atoms with Gasteiger partial charge in [0.1, 0.15) is 0 Å². The Morgan fingerprint density at radius 3 is 3.12 bits per heavy atom. The van der Waals surface area contributed by atoms with Gasteiger partial charge < -0.3 is 9.84 Å². The second kappa shape index (κ2) is 4.26. The summed E-state index contributed by atoms with van der Waals surface area (Å²) < 4.78 is 5.31. The zero-order valence-corrected chi connectivity index (χ0v) is 9.28. The number of hydrogen-bond donors (Lipinski definition) is 1. The summed E-state index contributed by atoms with van der Waals surface area (Å²) in [6, 6.07) is 8.65. The third-order valence-electron chi connectivity index (χ3n) is 3.30. The number of para-hydroxylation sites is 1. The van der Waals surface area contributed by atoms with Gasteiger partial charge in [-0.3, -0.25) is 0 Å². The predicted octanol–water partition coefficient (Wildman–Crippen LogP) is 2.51. The topological polar surface area (TPSA) is 38.1 Å². The van der Waals surface area contributed by atoms with Gasteiger partial charge >= 0.3 is 0 Å². The average Bonchev–Trinajstić information content (AvgIpc) is 2.74. The molecule has 2 heterocycles. The summed E-state index contributed by atoms with van der Waals surface area (Å²) in [5.41, 5.74) is 1.99. The first kappa shape index (κ1) is 9.85. The Labute approximate surface area is 94.8 Å². The summed E-state index contributed by atoms with van der Waals surface area (Å²) in [6.07, 6.45) is 4.86. The number of fused-ring (bicyclic) bond motifs is 1. The van der Waals surface area contributed by atoms with Crippen molar-refractivity contribution in [3.05, 3.63) is 30.0 Å². The zero-order valence-electron chi connectivity index (χ0n) is 9.28. The molecular formula is C13H16N2O. The van der Waals surface area contributed by atoms with Crippen LogP contribution >= 0.6 is 0 Å². The van der Waals surface area contributed by atoms with E-state index in [-0.39, 0.29) is 0 Å². The molecule has 0 spiro atoms. The van der Waals surface area contributed by atoms with Crippen molar-refractivity contribution in [3.8, 4) is 0 Å². The monoisotopic (exact) mass is 216 g/mol. The fourth-order valence-corrected chi connectivity index (χ4v) is 2.42. The van der Waals surface area contributed by atoms with E-state index in [1.54, 1.807) is 0 Å². The Bertz CT molecular complexity index is 471. The SMILES string of the molecule is c1ccc2c(CC3CCCCN3)noc2c1. The molecule has 3 rings (SSSR count). The van der Waals surface area contributed by atoms with Crippen molar-refractivity contribution >= 4 is 11.0 Å². The molecule has 1 aromatic heterocycles. The van der Waals surface area contributed by atoms with Crippen molar-refractivity contribution in [2.45, 2.75) is 31.7 Å². The predicted molar refractivity (Wildman–Crippen MR) is 63.4 cm³/mol. The van der Waals surface area contributed by atoms with E-state index in [1.165, 1.54) is 19.3 Å². The Morgan fingerprint density at radius 2 is 2.25 bits per heavy atom. The van der Waals surface area contributed by atoms with E-state index in [0.717, 1.165) is 29.6 Å². The van der Waals surface area contributed by atoms with Crippen LogP contribution in [0.2, 0.25) is 0 Å². The summed E-state index contributed by atoms with van der Waals surface area (Å²) >= 11 is 0. The smallest absolute Gasteiger partial charge is 0.167 e. The van der Waals surface area contributed by atoms with Crippen molar-refractivity contribution in [2.24, 2.45) is 0 Å². The second-order valence-corrected chi connectivity index (χ2v) is 4.48. The lowest BCUT2D eigenvalue weighted by atomic mass is 9.99. The number of aromatic nitrogens is 1. The summed E-state index contributed by atoms with van der Waals surface area (Å²) in [7, 11) is 0. The average molecular weight is 216 g/mol. The van der Waals surface area contributed by atoms with Gasteiger partial charge in [-0.05, 0) is 31.5 Å². The maximum atomic E-state index is 5.31. The molecule has 1 aromatic carbocycles. The summed E-state index contributed by atoms with van der Waals surface area (Å²) in [4.78, 5) is 0. The van der Waals surface area contributed by atoms with Crippen LogP contribution in [0.4, 0.5) is 0 Å². The van der Waals surface area contributed by atoms with E-state index in [4.69, 9.17) is 4.52 Å². The van der Waals surface area contributed by atoms with Crippen LogP contribution in [0, 0.1) is 0 Å². The molecule has 0 radical (unpaired) electrons. The minimum absolute atomic E-state index is 0.572. The van der Waals surface area contributed by atoms with Crippen LogP contribution in [0.3, 0.4) is 0 Å². The molecule has 16 heavy (non-hydrogen) atoms. The standard InChI is InChI=1S/C13H16N2O/c1-2-7-13-11(6-1)12(15-16-13)9-10-5-3-4-8-14-10/h1-2,6-7,10,14H,3-5,8-9H2. The highest BCUT2D eigenvalue weighted by Crippen LogP contribution is 2.20. The van der Waals surface area contributed by atoms with Crippen LogP contribution in [-0.2, 0) is 6.42 Å². The molecule has 1 N–H and O–H groups in total. The van der Waals surface area contributed by atoms with Crippen LogP contribution in [0.5, 0.6) is 0 Å². The summed E-state index contributed by atoms with van der Waals surface area (Å²) in [5, 5.41) is 8.88. The highest BCUT2D eigenvalue weighted by Gasteiger charge is 2.16. The first-order chi connectivity index (χ1) is 7.93. The first-order valence-corrected chi connectivity index (χ1v) is 6.00. The second-order valence-electron chi connectivity index (χ2n) is 4.48. The van der Waals surface area contributed by atoms with E-state index in [1.807, 2.05) is 18.2 Å². The van der Waals surface area contributed by atoms with Gasteiger partial charge in [0.05, 0.1) is 5.69 Å². The number of benzene rings is 1. The van der Waals surface area contributed by atoms with Crippen molar-refractivity contribution in [3.63, 3.8) is 0 Å². The van der Waals surface area contributed by atoms with Crippen molar-refractivity contribution in [2.75, 3.05) is 6.54 Å². The third kappa shape index (κ3) is 1.83. The molecule has 0 aliphatic carbocycles. The van der Waals surface area contributed by atoms with Gasteiger partial charge in [-0.15, -0.1) is 0 Å². The summed E-state index contributed by atoms with van der Waals surface area (Å²) in [5.74, 6) is 0. The lowest BCUT2D eigenvalue weighted by Gasteiger charge is -2.22. The number of nitrogens with one attached hydrogen (secondary N) is 1. The number of rotatable bonds is 2. The van der Waals surface area contributed by atoms with Crippen LogP contribution in [0.1, 0.15) is 25.0 Å². The van der Waals surface area contributed by atoms with Gasteiger partial charge in [-0.25, -0.2) is 0 Å². The van der Waals surface area contributed by atoms with Crippen molar-refractivity contribution in [1.82, 2.24) is 10.5 Å². The van der Waals surface area contributed by atoms with Gasteiger partial charge in [0.15, 0.2) is 5.58 Å². The minimum atomic E-state index is 0.572. The Balaban J connectivity index is 1.83. The number of nitrogens with zero attached hydrogens (tertiary/aromatic N) is 1. The fourth-order valence-electron chi connectivity index (χ4n) is 2.42. The van der Waals surface area contributed by atoms with Crippen LogP contribution in [-0.4, -0.2) is 17.7 Å². The molecule has 1 fully saturated rings. The highest BCUT2D eigenvalue weighted by molar-refractivity contribution is 5.79. The summed E-state index contributed by atoms with van der Waals surface area (Å²) in [6.45, 7) is 1.14. The molecule has 1 unspecified atom stereocenters. The molecule has 1 aliphatic rings. The van der Waals surface area contributed by atoms with Crippen molar-refractivity contribution < 1.29 is 4.52 Å². The first-order valence-electron chi connectivity index (χ1n) is 6.00. The molecule has 1 saturated heterocycles. The molecule has 2 aromatic rings. The van der Waals surface area contributed by atoms with Gasteiger partial charge in [0, 0.05) is 17.8 Å². The molecule has 3 heteroatoms. The molecule has 1 aliphatic heterocycles. The minimum Gasteiger partial charge on any atom is -0.356 e. The molecule has 84 valence electrons. The zero-order chi connectivity index (χ0) is 10.8. The van der Waals surface area contributed by atoms with Crippen LogP contribution < -0.4 is 5.32 Å². The Morgan fingerprint density at radius 1 is 1.31 bits per heavy atom. The number of hydrogen-bond acceptors (Lipinski definition) is 3. The lowest BCUT2D eigenvalue weighted by molar-refractivity contribution is 0.384. The van der Waals surface area contributed by atoms with Gasteiger partial charge in [-0.1, -0.05) is 23.7 Å². The molecular weight excluding hydrogens is 200 g/mol. The molecule has 1 atom stereocenters. The van der Waals surface area contributed by atoms with Gasteiger partial charge in [-0.2, -0.15) is 0 Å². The van der Waals surface area contributed by atoms with E-state index in [9.17, 15) is 0 Å². The third-order valence-corrected chi connectivity index (χ3v) is 3.30. The fraction of sp³-hybridized carbons (Fsp3) is 0.462. The Hall–Kier alpha value is -1.35.